The Kier molecular flexibility index (Phi) is 12.4. The van der Waals surface area contributed by atoms with E-state index in [9.17, 15) is 30.1 Å². The van der Waals surface area contributed by atoms with Crippen LogP contribution in [0.4, 0.5) is 0 Å². The van der Waals surface area contributed by atoms with Crippen molar-refractivity contribution in [2.45, 2.75) is 134 Å². The second-order valence-corrected chi connectivity index (χ2v) is 13.6. The standard InChI is InChI=1S/C31H54N2O11/c1-10-23-31(7,38)27(36)19(5)25(32-39)16(2)13-30(6)24(44-29-26(35)21(33(8)9)11-17(3)42-29)12-22(18(4)28(37)43-23)40-14-20(34)15-41-30/h16-19,21-24,26-27,29,35-36,38-39H,10-15H2,1-9H3/b32-25+/t16-,17-,18-,19+,21+,22-,23-,24-,26-,27-,29?,30+,31-/m1/s1. The van der Waals surface area contributed by atoms with E-state index in [-0.39, 0.29) is 56.1 Å². The molecule has 3 saturated heterocycles. The second-order valence-electron chi connectivity index (χ2n) is 13.6. The number of hydrogen-bond donors (Lipinski definition) is 4. The zero-order valence-corrected chi connectivity index (χ0v) is 27.6. The Morgan fingerprint density at radius 3 is 2.30 bits per heavy atom. The van der Waals surface area contributed by atoms with Gasteiger partial charge in [0.25, 0.3) is 0 Å². The van der Waals surface area contributed by atoms with Crippen LogP contribution in [0.3, 0.4) is 0 Å². The van der Waals surface area contributed by atoms with Crippen LogP contribution in [0.25, 0.3) is 0 Å². The van der Waals surface area contributed by atoms with E-state index >= 15 is 0 Å². The van der Waals surface area contributed by atoms with Crippen molar-refractivity contribution in [1.29, 1.82) is 0 Å². The molecule has 0 aromatic carbocycles. The Bertz CT molecular complexity index is 1020. The van der Waals surface area contributed by atoms with Crippen LogP contribution >= 0.6 is 0 Å². The van der Waals surface area contributed by atoms with Crippen LogP contribution in [0.1, 0.15) is 74.1 Å². The molecule has 4 N–H and O–H groups in total. The molecule has 0 saturated carbocycles. The summed E-state index contributed by atoms with van der Waals surface area (Å²) in [5.74, 6) is -3.34. The van der Waals surface area contributed by atoms with Crippen molar-refractivity contribution < 1.29 is 53.8 Å². The highest BCUT2D eigenvalue weighted by Gasteiger charge is 2.50. The molecule has 0 radical (unpaired) electrons. The maximum Gasteiger partial charge on any atom is 0.311 e. The Labute approximate surface area is 260 Å². The predicted octanol–water partition coefficient (Wildman–Crippen LogP) is 1.51. The highest BCUT2D eigenvalue weighted by Crippen LogP contribution is 2.38. The average molecular weight is 631 g/mol. The number of likely N-dealkylation sites (N-methyl/N-ethyl adjacent to an activating group) is 1. The topological polar surface area (TPSA) is 177 Å². The largest absolute Gasteiger partial charge is 0.459 e. The van der Waals surface area contributed by atoms with Crippen LogP contribution in [-0.4, -0.2) is 130 Å². The first-order valence-electron chi connectivity index (χ1n) is 15.7. The first-order valence-corrected chi connectivity index (χ1v) is 15.7. The minimum Gasteiger partial charge on any atom is -0.459 e. The molecule has 1 unspecified atom stereocenters. The van der Waals surface area contributed by atoms with Crippen LogP contribution in [-0.2, 0) is 33.3 Å². The van der Waals surface area contributed by atoms with Crippen LogP contribution in [0.2, 0.25) is 0 Å². The molecule has 0 aromatic heterocycles. The molecule has 254 valence electrons. The number of ether oxygens (including phenoxy) is 5. The summed E-state index contributed by atoms with van der Waals surface area (Å²) in [6.07, 6.45) is -5.61. The minimum absolute atomic E-state index is 0.0668. The van der Waals surface area contributed by atoms with Gasteiger partial charge in [0.15, 0.2) is 12.1 Å². The maximum absolute atomic E-state index is 13.6. The number of aliphatic hydroxyl groups is 3. The summed E-state index contributed by atoms with van der Waals surface area (Å²) < 4.78 is 30.8. The summed E-state index contributed by atoms with van der Waals surface area (Å²) >= 11 is 0. The number of fused-ring (bicyclic) bond motifs is 3. The second kappa shape index (κ2) is 14.8. The first kappa shape index (κ1) is 36.8. The normalized spacial score (nSPS) is 46.2. The molecule has 3 fully saturated rings. The van der Waals surface area contributed by atoms with Gasteiger partial charge >= 0.3 is 5.97 Å². The Hall–Kier alpha value is -1.71. The number of carbonyl (C=O) groups is 2. The molecule has 2 bridgehead atoms. The van der Waals surface area contributed by atoms with Gasteiger partial charge in [-0.1, -0.05) is 25.9 Å². The van der Waals surface area contributed by atoms with E-state index in [0.29, 0.717) is 6.42 Å². The number of oxime groups is 1. The molecular formula is C31H54N2O11. The van der Waals surface area contributed by atoms with Crippen molar-refractivity contribution in [3.63, 3.8) is 0 Å². The van der Waals surface area contributed by atoms with Crippen molar-refractivity contribution in [3.05, 3.63) is 0 Å². The number of cyclic esters (lactones) is 1. The highest BCUT2D eigenvalue weighted by molar-refractivity contribution is 5.88. The fourth-order valence-corrected chi connectivity index (χ4v) is 6.89. The number of hydrogen-bond acceptors (Lipinski definition) is 13. The fourth-order valence-electron chi connectivity index (χ4n) is 6.89. The van der Waals surface area contributed by atoms with Gasteiger partial charge in [0.2, 0.25) is 0 Å². The van der Waals surface area contributed by atoms with E-state index in [0.717, 1.165) is 0 Å². The van der Waals surface area contributed by atoms with E-state index in [2.05, 4.69) is 5.16 Å². The van der Waals surface area contributed by atoms with Crippen LogP contribution < -0.4 is 0 Å². The van der Waals surface area contributed by atoms with Crippen molar-refractivity contribution in [2.75, 3.05) is 27.3 Å². The fraction of sp³-hybridized carbons (Fsp3) is 0.903. The van der Waals surface area contributed by atoms with E-state index in [1.54, 1.807) is 34.6 Å². The van der Waals surface area contributed by atoms with Gasteiger partial charge in [-0.15, -0.1) is 0 Å². The lowest BCUT2D eigenvalue weighted by Crippen LogP contribution is -2.58. The lowest BCUT2D eigenvalue weighted by Gasteiger charge is -2.46. The molecule has 0 aliphatic carbocycles. The zero-order chi connectivity index (χ0) is 33.1. The van der Waals surface area contributed by atoms with Gasteiger partial charge in [-0.25, -0.2) is 0 Å². The number of nitrogens with zero attached hydrogens (tertiary/aromatic N) is 2. The molecule has 0 aromatic rings. The van der Waals surface area contributed by atoms with Gasteiger partial charge in [0, 0.05) is 24.3 Å². The summed E-state index contributed by atoms with van der Waals surface area (Å²) in [6.45, 7) is 11.2. The summed E-state index contributed by atoms with van der Waals surface area (Å²) in [7, 11) is 3.74. The molecule has 3 heterocycles. The molecule has 3 aliphatic heterocycles. The zero-order valence-electron chi connectivity index (χ0n) is 27.6. The Morgan fingerprint density at radius 1 is 1.05 bits per heavy atom. The number of Topliss-reactive ketones (excluding diaryl/α,β-unsaturated/α-hetero) is 1. The molecular weight excluding hydrogens is 576 g/mol. The smallest absolute Gasteiger partial charge is 0.311 e. The van der Waals surface area contributed by atoms with Crippen molar-refractivity contribution in [2.24, 2.45) is 22.9 Å². The van der Waals surface area contributed by atoms with Gasteiger partial charge in [0.05, 0.1) is 41.6 Å². The summed E-state index contributed by atoms with van der Waals surface area (Å²) in [5, 5.41) is 47.8. The number of carbonyl (C=O) groups excluding carboxylic acids is 2. The number of esters is 1. The van der Waals surface area contributed by atoms with E-state index < -0.39 is 71.7 Å². The van der Waals surface area contributed by atoms with Crippen LogP contribution in [0, 0.1) is 17.8 Å². The monoisotopic (exact) mass is 630 g/mol. The van der Waals surface area contributed by atoms with Crippen molar-refractivity contribution in [1.82, 2.24) is 4.90 Å². The maximum atomic E-state index is 13.6. The molecule has 3 rings (SSSR count). The summed E-state index contributed by atoms with van der Waals surface area (Å²) in [4.78, 5) is 28.3. The molecule has 13 nitrogen and oxygen atoms in total. The third-order valence-corrected chi connectivity index (χ3v) is 9.80. The predicted molar refractivity (Wildman–Crippen MR) is 159 cm³/mol. The summed E-state index contributed by atoms with van der Waals surface area (Å²) in [5.41, 5.74) is -2.95. The Morgan fingerprint density at radius 2 is 1.70 bits per heavy atom. The third-order valence-electron chi connectivity index (χ3n) is 9.80. The highest BCUT2D eigenvalue weighted by atomic mass is 16.7. The molecule has 0 amide bonds. The van der Waals surface area contributed by atoms with Gasteiger partial charge in [0.1, 0.15) is 31.0 Å². The summed E-state index contributed by atoms with van der Waals surface area (Å²) in [6, 6.07) is -0.249. The molecule has 0 spiro atoms. The van der Waals surface area contributed by atoms with E-state index in [1.165, 1.54) is 6.92 Å². The van der Waals surface area contributed by atoms with Gasteiger partial charge < -0.3 is 49.1 Å². The van der Waals surface area contributed by atoms with Gasteiger partial charge in [-0.3, -0.25) is 9.59 Å². The molecule has 13 atom stereocenters. The number of aliphatic hydroxyl groups excluding tert-OH is 2. The first-order chi connectivity index (χ1) is 20.5. The van der Waals surface area contributed by atoms with E-state index in [1.807, 2.05) is 25.9 Å². The van der Waals surface area contributed by atoms with Crippen LogP contribution in [0.15, 0.2) is 5.16 Å². The van der Waals surface area contributed by atoms with Crippen LogP contribution in [0.5, 0.6) is 0 Å². The SMILES string of the molecule is CC[C@H]1OC(=O)[C@H](C)[C@H]2C[C@@H](OC3O[C@H](C)C[C@H](N(C)C)[C@H]3O)[C@](C)(C[C@@H](C)/C(=N\O)[C@H](C)[C@@H](O)[C@]1(C)O)OCC(=O)CO2. The lowest BCUT2D eigenvalue weighted by atomic mass is 9.75. The average Bonchev–Trinajstić information content (AvgIpc) is 3.01. The van der Waals surface area contributed by atoms with Gasteiger partial charge in [-0.05, 0) is 61.1 Å². The van der Waals surface area contributed by atoms with Crippen molar-refractivity contribution in [3.8, 4) is 0 Å². The lowest BCUT2D eigenvalue weighted by molar-refractivity contribution is -0.294. The molecule has 3 aliphatic rings. The molecule has 44 heavy (non-hydrogen) atoms. The van der Waals surface area contributed by atoms with Crippen molar-refractivity contribution >= 4 is 17.5 Å². The van der Waals surface area contributed by atoms with Gasteiger partial charge in [-0.2, -0.15) is 0 Å². The Balaban J connectivity index is 2.14. The number of ketones is 1. The minimum atomic E-state index is -1.89. The van der Waals surface area contributed by atoms with E-state index in [4.69, 9.17) is 23.7 Å². The molecule has 13 heteroatoms. The number of rotatable bonds is 4. The third kappa shape index (κ3) is 7.98. The quantitative estimate of drug-likeness (QED) is 0.200.